The van der Waals surface area contributed by atoms with Gasteiger partial charge in [0.25, 0.3) is 0 Å². The molecule has 1 aliphatic rings. The van der Waals surface area contributed by atoms with Gasteiger partial charge in [-0.2, -0.15) is 0 Å². The van der Waals surface area contributed by atoms with Crippen molar-refractivity contribution >= 4 is 17.2 Å². The van der Waals surface area contributed by atoms with E-state index < -0.39 is 0 Å². The second-order valence-corrected chi connectivity index (χ2v) is 4.41. The maximum Gasteiger partial charge on any atom is 0.123 e. The van der Waals surface area contributed by atoms with Crippen LogP contribution in [0.2, 0.25) is 0 Å². The summed E-state index contributed by atoms with van der Waals surface area (Å²) in [5, 5.41) is 0.862. The fraction of sp³-hybridized carbons (Fsp3) is 0.333. The van der Waals surface area contributed by atoms with E-state index in [1.807, 2.05) is 6.07 Å². The summed E-state index contributed by atoms with van der Waals surface area (Å²) in [6.45, 7) is 4.21. The van der Waals surface area contributed by atoms with Crippen LogP contribution in [0.5, 0.6) is 0 Å². The number of allylic oxidation sites excluding steroid dienone is 2. The van der Waals surface area contributed by atoms with Gasteiger partial charge >= 0.3 is 0 Å². The molecule has 2 heteroatoms. The van der Waals surface area contributed by atoms with Gasteiger partial charge in [0.05, 0.1) is 0 Å². The summed E-state index contributed by atoms with van der Waals surface area (Å²) in [6, 6.07) is 4.90. The summed E-state index contributed by atoms with van der Waals surface area (Å²) < 4.78 is 13.0. The predicted octanol–water partition coefficient (Wildman–Crippen LogP) is 3.99. The zero-order valence-corrected chi connectivity index (χ0v) is 9.03. The largest absolute Gasteiger partial charge is 0.207 e. The lowest BCUT2D eigenvalue weighted by atomic mass is 9.97. The van der Waals surface area contributed by atoms with Gasteiger partial charge in [0.15, 0.2) is 0 Å². The lowest BCUT2D eigenvalue weighted by molar-refractivity contribution is 0.626. The van der Waals surface area contributed by atoms with Crippen LogP contribution in [0.1, 0.15) is 25.0 Å². The first-order chi connectivity index (χ1) is 6.59. The minimum absolute atomic E-state index is 0.182. The molecule has 0 spiro atoms. The minimum Gasteiger partial charge on any atom is -0.207 e. The van der Waals surface area contributed by atoms with Crippen LogP contribution in [-0.2, 0) is 6.42 Å². The molecule has 1 aliphatic carbocycles. The van der Waals surface area contributed by atoms with Gasteiger partial charge in [-0.1, -0.05) is 31.5 Å². The highest BCUT2D eigenvalue weighted by molar-refractivity contribution is 6.33. The fourth-order valence-electron chi connectivity index (χ4n) is 2.00. The van der Waals surface area contributed by atoms with Crippen LogP contribution < -0.4 is 0 Å². The van der Waals surface area contributed by atoms with Crippen molar-refractivity contribution in [2.75, 3.05) is 0 Å². The fourth-order valence-corrected chi connectivity index (χ4v) is 2.47. The maximum atomic E-state index is 13.0. The molecule has 0 saturated heterocycles. The Hall–Kier alpha value is -0.820. The van der Waals surface area contributed by atoms with E-state index in [0.717, 1.165) is 16.2 Å². The van der Waals surface area contributed by atoms with E-state index in [-0.39, 0.29) is 5.82 Å². The topological polar surface area (TPSA) is 0 Å². The Morgan fingerprint density at radius 2 is 2.07 bits per heavy atom. The van der Waals surface area contributed by atoms with Crippen LogP contribution in [-0.4, -0.2) is 0 Å². The molecule has 74 valence electrons. The van der Waals surface area contributed by atoms with Crippen molar-refractivity contribution in [3.05, 3.63) is 40.2 Å². The van der Waals surface area contributed by atoms with Gasteiger partial charge in [0, 0.05) is 11.5 Å². The number of hydrogen-bond donors (Lipinski definition) is 0. The first kappa shape index (κ1) is 9.72. The van der Waals surface area contributed by atoms with E-state index in [0.29, 0.717) is 12.3 Å². The summed E-state index contributed by atoms with van der Waals surface area (Å²) in [6.07, 6.45) is 0.683. The quantitative estimate of drug-likeness (QED) is 0.658. The average molecular weight is 211 g/mol. The van der Waals surface area contributed by atoms with Crippen molar-refractivity contribution in [1.29, 1.82) is 0 Å². The Bertz CT molecular complexity index is 405. The summed E-state index contributed by atoms with van der Waals surface area (Å²) in [5.41, 5.74) is 3.30. The molecule has 0 nitrogen and oxygen atoms in total. The molecule has 0 aliphatic heterocycles. The SMILES string of the molecule is CC(C)C1=C(Cl)Cc2cc(F)ccc21. The first-order valence-corrected chi connectivity index (χ1v) is 5.14. The molecule has 0 atom stereocenters. The summed E-state index contributed by atoms with van der Waals surface area (Å²) >= 11 is 6.15. The van der Waals surface area contributed by atoms with Crippen LogP contribution in [0, 0.1) is 11.7 Å². The molecule has 0 saturated carbocycles. The van der Waals surface area contributed by atoms with Crippen molar-refractivity contribution in [3.8, 4) is 0 Å². The highest BCUT2D eigenvalue weighted by Gasteiger charge is 2.22. The van der Waals surface area contributed by atoms with Crippen LogP contribution in [0.3, 0.4) is 0 Å². The molecule has 1 aromatic carbocycles. The van der Waals surface area contributed by atoms with Gasteiger partial charge in [-0.25, -0.2) is 4.39 Å². The van der Waals surface area contributed by atoms with Crippen LogP contribution in [0.25, 0.3) is 5.57 Å². The van der Waals surface area contributed by atoms with Crippen LogP contribution in [0.4, 0.5) is 4.39 Å². The molecule has 2 rings (SSSR count). The number of benzene rings is 1. The molecule has 0 bridgehead atoms. The maximum absolute atomic E-state index is 13.0. The molecule has 0 N–H and O–H groups in total. The van der Waals surface area contributed by atoms with E-state index >= 15 is 0 Å². The molecule has 0 heterocycles. The van der Waals surface area contributed by atoms with E-state index in [9.17, 15) is 4.39 Å². The van der Waals surface area contributed by atoms with Gasteiger partial charge in [0.2, 0.25) is 0 Å². The Labute approximate surface area is 88.4 Å². The third-order valence-electron chi connectivity index (χ3n) is 2.57. The van der Waals surface area contributed by atoms with Gasteiger partial charge in [-0.05, 0) is 34.8 Å². The lowest BCUT2D eigenvalue weighted by Gasteiger charge is -2.09. The zero-order chi connectivity index (χ0) is 10.3. The number of fused-ring (bicyclic) bond motifs is 1. The Morgan fingerprint density at radius 1 is 1.36 bits per heavy atom. The Kier molecular flexibility index (Phi) is 2.36. The first-order valence-electron chi connectivity index (χ1n) is 4.77. The van der Waals surface area contributed by atoms with Crippen LogP contribution >= 0.6 is 11.6 Å². The molecular formula is C12H12ClF. The average Bonchev–Trinajstić information content (AvgIpc) is 2.39. The van der Waals surface area contributed by atoms with Crippen molar-refractivity contribution in [3.63, 3.8) is 0 Å². The predicted molar refractivity (Wildman–Crippen MR) is 57.7 cm³/mol. The van der Waals surface area contributed by atoms with Crippen molar-refractivity contribution < 1.29 is 4.39 Å². The third-order valence-corrected chi connectivity index (χ3v) is 2.91. The number of halogens is 2. The summed E-state index contributed by atoms with van der Waals surface area (Å²) in [7, 11) is 0. The molecular weight excluding hydrogens is 199 g/mol. The van der Waals surface area contributed by atoms with Crippen molar-refractivity contribution in [2.45, 2.75) is 20.3 Å². The minimum atomic E-state index is -0.182. The van der Waals surface area contributed by atoms with Gasteiger partial charge in [-0.15, -0.1) is 0 Å². The second kappa shape index (κ2) is 3.39. The van der Waals surface area contributed by atoms with Gasteiger partial charge in [0.1, 0.15) is 5.82 Å². The monoisotopic (exact) mass is 210 g/mol. The molecule has 14 heavy (non-hydrogen) atoms. The molecule has 0 amide bonds. The number of rotatable bonds is 1. The molecule has 0 radical (unpaired) electrons. The smallest absolute Gasteiger partial charge is 0.123 e. The Morgan fingerprint density at radius 3 is 2.71 bits per heavy atom. The molecule has 0 fully saturated rings. The molecule has 0 unspecified atom stereocenters. The van der Waals surface area contributed by atoms with E-state index in [4.69, 9.17) is 11.6 Å². The van der Waals surface area contributed by atoms with Gasteiger partial charge < -0.3 is 0 Å². The van der Waals surface area contributed by atoms with E-state index in [2.05, 4.69) is 13.8 Å². The zero-order valence-electron chi connectivity index (χ0n) is 8.27. The molecule has 1 aromatic rings. The molecule has 0 aromatic heterocycles. The lowest BCUT2D eigenvalue weighted by Crippen LogP contribution is -1.92. The number of hydrogen-bond acceptors (Lipinski definition) is 0. The van der Waals surface area contributed by atoms with Crippen molar-refractivity contribution in [2.24, 2.45) is 5.92 Å². The third kappa shape index (κ3) is 1.46. The summed E-state index contributed by atoms with van der Waals surface area (Å²) in [4.78, 5) is 0. The second-order valence-electron chi connectivity index (χ2n) is 3.95. The highest BCUT2D eigenvalue weighted by Crippen LogP contribution is 2.39. The van der Waals surface area contributed by atoms with E-state index in [1.165, 1.54) is 11.6 Å². The van der Waals surface area contributed by atoms with Gasteiger partial charge in [-0.3, -0.25) is 0 Å². The summed E-state index contributed by atoms with van der Waals surface area (Å²) in [5.74, 6) is 0.215. The normalized spacial score (nSPS) is 15.2. The van der Waals surface area contributed by atoms with Crippen molar-refractivity contribution in [1.82, 2.24) is 0 Å². The van der Waals surface area contributed by atoms with Crippen LogP contribution in [0.15, 0.2) is 23.2 Å². The standard InChI is InChI=1S/C12H12ClF/c1-7(2)12-10-4-3-9(14)5-8(10)6-11(12)13/h3-5,7H,6H2,1-2H3. The Balaban J connectivity index is 2.53. The van der Waals surface area contributed by atoms with E-state index in [1.54, 1.807) is 6.07 Å². The highest BCUT2D eigenvalue weighted by atomic mass is 35.5.